The van der Waals surface area contributed by atoms with Crippen LogP contribution in [0.3, 0.4) is 0 Å². The number of benzene rings is 2. The molecule has 2 aromatic carbocycles. The van der Waals surface area contributed by atoms with Gasteiger partial charge in [0.25, 0.3) is 10.0 Å². The van der Waals surface area contributed by atoms with Gasteiger partial charge in [0, 0.05) is 17.8 Å². The third-order valence-electron chi connectivity index (χ3n) is 4.16. The maximum atomic E-state index is 12.5. The molecular weight excluding hydrogens is 348 g/mol. The summed E-state index contributed by atoms with van der Waals surface area (Å²) in [6.45, 7) is 8.04. The number of carbonyl (C=O) groups excluding carboxylic acids is 1. The lowest BCUT2D eigenvalue weighted by Crippen LogP contribution is -2.14. The average molecular weight is 375 g/mol. The van der Waals surface area contributed by atoms with Gasteiger partial charge >= 0.3 is 0 Å². The highest BCUT2D eigenvalue weighted by Crippen LogP contribution is 2.20. The Morgan fingerprint density at radius 3 is 2.15 bits per heavy atom. The van der Waals surface area contributed by atoms with E-state index in [0.717, 1.165) is 17.5 Å². The molecule has 0 radical (unpaired) electrons. The molecule has 0 heterocycles. The molecule has 0 bridgehead atoms. The van der Waals surface area contributed by atoms with E-state index < -0.39 is 10.0 Å². The molecule has 0 unspecified atom stereocenters. The summed E-state index contributed by atoms with van der Waals surface area (Å²) in [6.07, 6.45) is 1.27. The Bertz CT molecular complexity index is 872. The molecule has 2 N–H and O–H groups in total. The first kappa shape index (κ1) is 20.0. The molecule has 0 spiro atoms. The van der Waals surface area contributed by atoms with Crippen LogP contribution in [0.1, 0.15) is 37.8 Å². The molecule has 0 aromatic heterocycles. The van der Waals surface area contributed by atoms with Gasteiger partial charge in [0.05, 0.1) is 4.90 Å². The molecule has 0 fully saturated rings. The summed E-state index contributed by atoms with van der Waals surface area (Å²) in [5.41, 5.74) is 3.23. The van der Waals surface area contributed by atoms with E-state index in [1.807, 2.05) is 19.9 Å². The van der Waals surface area contributed by atoms with Crippen LogP contribution in [-0.4, -0.2) is 14.3 Å². The number of anilines is 2. The average Bonchev–Trinajstić information content (AvgIpc) is 2.56. The second kappa shape index (κ2) is 8.36. The van der Waals surface area contributed by atoms with E-state index >= 15 is 0 Å². The van der Waals surface area contributed by atoms with Crippen molar-refractivity contribution in [3.05, 3.63) is 53.6 Å². The highest BCUT2D eigenvalue weighted by molar-refractivity contribution is 7.92. The first-order valence-corrected chi connectivity index (χ1v) is 10.2. The summed E-state index contributed by atoms with van der Waals surface area (Å²) in [4.78, 5) is 12.0. The monoisotopic (exact) mass is 374 g/mol. The maximum Gasteiger partial charge on any atom is 0.261 e. The molecular formula is C20H26N2O3S. The Hall–Kier alpha value is -2.34. The fraction of sp³-hybridized carbons (Fsp3) is 0.350. The molecule has 0 aliphatic rings. The second-order valence-electron chi connectivity index (χ2n) is 6.91. The Kier molecular flexibility index (Phi) is 6.42. The SMILES string of the molecule is Cc1ccc(NS(=O)(=O)c2ccc(NC(=O)CCC(C)C)cc2)cc1C. The Morgan fingerprint density at radius 1 is 0.962 bits per heavy atom. The number of carbonyl (C=O) groups is 1. The number of amides is 1. The number of nitrogens with one attached hydrogen (secondary N) is 2. The van der Waals surface area contributed by atoms with Crippen LogP contribution in [0.4, 0.5) is 11.4 Å². The van der Waals surface area contributed by atoms with Crippen molar-refractivity contribution >= 4 is 27.3 Å². The van der Waals surface area contributed by atoms with Gasteiger partial charge in [0.2, 0.25) is 5.91 Å². The summed E-state index contributed by atoms with van der Waals surface area (Å²) >= 11 is 0. The smallest absolute Gasteiger partial charge is 0.261 e. The molecule has 2 aromatic rings. The van der Waals surface area contributed by atoms with Gasteiger partial charge in [-0.3, -0.25) is 9.52 Å². The van der Waals surface area contributed by atoms with Gasteiger partial charge < -0.3 is 5.32 Å². The van der Waals surface area contributed by atoms with Crippen molar-refractivity contribution in [1.82, 2.24) is 0 Å². The molecule has 6 heteroatoms. The Morgan fingerprint density at radius 2 is 1.58 bits per heavy atom. The van der Waals surface area contributed by atoms with Crippen molar-refractivity contribution in [3.8, 4) is 0 Å². The normalized spacial score (nSPS) is 11.4. The van der Waals surface area contributed by atoms with Crippen molar-refractivity contribution in [3.63, 3.8) is 0 Å². The zero-order valence-corrected chi connectivity index (χ0v) is 16.5. The zero-order valence-electron chi connectivity index (χ0n) is 15.7. The predicted molar refractivity (Wildman–Crippen MR) is 106 cm³/mol. The van der Waals surface area contributed by atoms with Crippen LogP contribution in [0.2, 0.25) is 0 Å². The fourth-order valence-electron chi connectivity index (χ4n) is 2.38. The van der Waals surface area contributed by atoms with Gasteiger partial charge in [0.15, 0.2) is 0 Å². The first-order valence-electron chi connectivity index (χ1n) is 8.67. The van der Waals surface area contributed by atoms with Gasteiger partial charge in [0.1, 0.15) is 0 Å². The molecule has 5 nitrogen and oxygen atoms in total. The van der Waals surface area contributed by atoms with E-state index in [-0.39, 0.29) is 10.8 Å². The molecule has 0 aliphatic heterocycles. The third kappa shape index (κ3) is 5.59. The van der Waals surface area contributed by atoms with E-state index in [9.17, 15) is 13.2 Å². The van der Waals surface area contributed by atoms with Crippen LogP contribution in [0, 0.1) is 19.8 Å². The van der Waals surface area contributed by atoms with Gasteiger partial charge in [-0.2, -0.15) is 0 Å². The van der Waals surface area contributed by atoms with Crippen LogP contribution in [-0.2, 0) is 14.8 Å². The van der Waals surface area contributed by atoms with Crippen LogP contribution < -0.4 is 10.0 Å². The van der Waals surface area contributed by atoms with Crippen LogP contribution in [0.15, 0.2) is 47.4 Å². The second-order valence-corrected chi connectivity index (χ2v) is 8.59. The number of aryl methyl sites for hydroxylation is 2. The summed E-state index contributed by atoms with van der Waals surface area (Å²) in [5, 5.41) is 2.79. The number of hydrogen-bond donors (Lipinski definition) is 2. The number of sulfonamides is 1. The molecule has 2 rings (SSSR count). The van der Waals surface area contributed by atoms with Crippen LogP contribution in [0.25, 0.3) is 0 Å². The molecule has 140 valence electrons. The summed E-state index contributed by atoms with van der Waals surface area (Å²) in [6, 6.07) is 11.6. The van der Waals surface area contributed by atoms with Crippen molar-refractivity contribution in [2.75, 3.05) is 10.0 Å². The summed E-state index contributed by atoms with van der Waals surface area (Å²) in [7, 11) is -3.67. The molecule has 0 saturated carbocycles. The number of hydrogen-bond acceptors (Lipinski definition) is 3. The van der Waals surface area contributed by atoms with E-state index in [2.05, 4.69) is 23.9 Å². The summed E-state index contributed by atoms with van der Waals surface area (Å²) < 4.78 is 27.6. The molecule has 0 atom stereocenters. The minimum absolute atomic E-state index is 0.0671. The largest absolute Gasteiger partial charge is 0.326 e. The predicted octanol–water partition coefficient (Wildman–Crippen LogP) is 4.48. The van der Waals surface area contributed by atoms with Crippen molar-refractivity contribution in [2.45, 2.75) is 45.4 Å². The van der Waals surface area contributed by atoms with E-state index in [1.54, 1.807) is 24.3 Å². The minimum Gasteiger partial charge on any atom is -0.326 e. The third-order valence-corrected chi connectivity index (χ3v) is 5.55. The lowest BCUT2D eigenvalue weighted by atomic mass is 10.1. The quantitative estimate of drug-likeness (QED) is 0.750. The van der Waals surface area contributed by atoms with Gasteiger partial charge in [-0.05, 0) is 73.7 Å². The van der Waals surface area contributed by atoms with E-state index in [1.165, 1.54) is 12.1 Å². The van der Waals surface area contributed by atoms with Gasteiger partial charge in [-0.25, -0.2) is 8.42 Å². The van der Waals surface area contributed by atoms with Crippen LogP contribution >= 0.6 is 0 Å². The maximum absolute atomic E-state index is 12.5. The van der Waals surface area contributed by atoms with E-state index in [4.69, 9.17) is 0 Å². The minimum atomic E-state index is -3.67. The topological polar surface area (TPSA) is 75.3 Å². The lowest BCUT2D eigenvalue weighted by molar-refractivity contribution is -0.116. The van der Waals surface area contributed by atoms with E-state index in [0.29, 0.717) is 23.7 Å². The van der Waals surface area contributed by atoms with Gasteiger partial charge in [-0.15, -0.1) is 0 Å². The summed E-state index contributed by atoms with van der Waals surface area (Å²) in [5.74, 6) is 0.396. The Labute approximate surface area is 155 Å². The molecule has 1 amide bonds. The highest BCUT2D eigenvalue weighted by Gasteiger charge is 2.14. The lowest BCUT2D eigenvalue weighted by Gasteiger charge is -2.11. The Balaban J connectivity index is 2.06. The van der Waals surface area contributed by atoms with Crippen molar-refractivity contribution in [1.29, 1.82) is 0 Å². The first-order chi connectivity index (χ1) is 12.2. The zero-order chi connectivity index (χ0) is 19.3. The molecule has 0 aliphatic carbocycles. The highest BCUT2D eigenvalue weighted by atomic mass is 32.2. The van der Waals surface area contributed by atoms with Crippen molar-refractivity contribution < 1.29 is 13.2 Å². The fourth-order valence-corrected chi connectivity index (χ4v) is 3.43. The molecule has 26 heavy (non-hydrogen) atoms. The van der Waals surface area contributed by atoms with Crippen LogP contribution in [0.5, 0.6) is 0 Å². The molecule has 0 saturated heterocycles. The number of rotatable bonds is 7. The standard InChI is InChI=1S/C20H26N2O3S/c1-14(2)5-12-20(23)21-17-8-10-19(11-9-17)26(24,25)22-18-7-6-15(3)16(4)13-18/h6-11,13-14,22H,5,12H2,1-4H3,(H,21,23). The van der Waals surface area contributed by atoms with Gasteiger partial charge in [-0.1, -0.05) is 19.9 Å². The van der Waals surface area contributed by atoms with Crippen molar-refractivity contribution in [2.24, 2.45) is 5.92 Å².